The molecule has 0 bridgehead atoms. The van der Waals surface area contributed by atoms with Crippen molar-refractivity contribution in [1.29, 1.82) is 0 Å². The van der Waals surface area contributed by atoms with Gasteiger partial charge in [0.15, 0.2) is 0 Å². The molecule has 0 saturated heterocycles. The number of fused-ring (bicyclic) bond motifs is 1. The smallest absolute Gasteiger partial charge is 0.368 e. The molecular formula is C22H18F3N3O5S. The maximum absolute atomic E-state index is 12.8. The molecule has 12 heteroatoms. The number of thioether (sulfide) groups is 1. The molecule has 8 nitrogen and oxygen atoms in total. The van der Waals surface area contributed by atoms with Crippen LogP contribution in [0.1, 0.15) is 49.5 Å². The quantitative estimate of drug-likeness (QED) is 0.314. The van der Waals surface area contributed by atoms with Crippen LogP contribution < -0.4 is 11.1 Å². The number of alkyl halides is 3. The van der Waals surface area contributed by atoms with Gasteiger partial charge in [0.05, 0.1) is 11.1 Å². The minimum absolute atomic E-state index is 0.0302. The van der Waals surface area contributed by atoms with Gasteiger partial charge in [-0.1, -0.05) is 6.07 Å². The van der Waals surface area contributed by atoms with Gasteiger partial charge in [-0.25, -0.2) is 0 Å². The number of carbonyl (C=O) groups is 5. The van der Waals surface area contributed by atoms with Crippen molar-refractivity contribution in [1.82, 2.24) is 10.2 Å². The maximum atomic E-state index is 12.8. The molecule has 3 N–H and O–H groups in total. The van der Waals surface area contributed by atoms with E-state index in [2.05, 4.69) is 5.32 Å². The predicted octanol–water partition coefficient (Wildman–Crippen LogP) is 2.66. The largest absolute Gasteiger partial charge is 0.446 e. The molecule has 178 valence electrons. The summed E-state index contributed by atoms with van der Waals surface area (Å²) in [5, 5.41) is 2.59. The van der Waals surface area contributed by atoms with Crippen LogP contribution in [0, 0.1) is 0 Å². The van der Waals surface area contributed by atoms with Crippen molar-refractivity contribution >= 4 is 41.7 Å². The topological polar surface area (TPSA) is 127 Å². The van der Waals surface area contributed by atoms with Gasteiger partial charge in [0, 0.05) is 23.4 Å². The van der Waals surface area contributed by atoms with Gasteiger partial charge in [0.25, 0.3) is 17.7 Å². The fraction of sp³-hybridized carbons (Fsp3) is 0.227. The molecular weight excluding hydrogens is 475 g/mol. The number of carbonyl (C=O) groups excluding carboxylic acids is 5. The lowest BCUT2D eigenvalue weighted by molar-refractivity contribution is -0.122. The van der Waals surface area contributed by atoms with Gasteiger partial charge in [-0.2, -0.15) is 13.2 Å². The zero-order valence-electron chi connectivity index (χ0n) is 17.4. The number of nitrogens with two attached hydrogens (primary N) is 1. The Balaban J connectivity index is 1.69. The molecule has 0 fully saturated rings. The molecule has 34 heavy (non-hydrogen) atoms. The zero-order valence-corrected chi connectivity index (χ0v) is 18.2. The first-order chi connectivity index (χ1) is 16.0. The summed E-state index contributed by atoms with van der Waals surface area (Å²) in [6.45, 7) is -0.0307. The van der Waals surface area contributed by atoms with Crippen LogP contribution in [0.5, 0.6) is 0 Å². The van der Waals surface area contributed by atoms with E-state index in [-0.39, 0.29) is 52.7 Å². The van der Waals surface area contributed by atoms with E-state index in [0.717, 1.165) is 4.90 Å². The fourth-order valence-electron chi connectivity index (χ4n) is 3.42. The van der Waals surface area contributed by atoms with Gasteiger partial charge in [0.1, 0.15) is 12.3 Å². The van der Waals surface area contributed by atoms with E-state index in [1.165, 1.54) is 42.5 Å². The van der Waals surface area contributed by atoms with Crippen molar-refractivity contribution in [3.05, 3.63) is 64.7 Å². The minimum Gasteiger partial charge on any atom is -0.368 e. The van der Waals surface area contributed by atoms with E-state index in [0.29, 0.717) is 11.8 Å². The van der Waals surface area contributed by atoms with E-state index >= 15 is 0 Å². The van der Waals surface area contributed by atoms with Crippen LogP contribution in [-0.2, 0) is 16.1 Å². The molecule has 1 unspecified atom stereocenters. The number of hydrogen-bond donors (Lipinski definition) is 2. The number of hydrogen-bond acceptors (Lipinski definition) is 6. The van der Waals surface area contributed by atoms with Crippen LogP contribution in [0.4, 0.5) is 13.2 Å². The van der Waals surface area contributed by atoms with Gasteiger partial charge < -0.3 is 15.8 Å². The number of amides is 4. The summed E-state index contributed by atoms with van der Waals surface area (Å²) >= 11 is -0.290. The van der Waals surface area contributed by atoms with Crippen LogP contribution in [0.15, 0.2) is 47.4 Å². The summed E-state index contributed by atoms with van der Waals surface area (Å²) in [6, 6.07) is 7.92. The van der Waals surface area contributed by atoms with Crippen LogP contribution in [-0.4, -0.2) is 46.4 Å². The average molecular weight is 493 g/mol. The highest BCUT2D eigenvalue weighted by Gasteiger charge is 2.42. The number of halogens is 3. The third-order valence-electron chi connectivity index (χ3n) is 4.98. The van der Waals surface area contributed by atoms with Crippen molar-refractivity contribution in [2.75, 3.05) is 0 Å². The summed E-state index contributed by atoms with van der Waals surface area (Å²) < 4.78 is 37.3. The van der Waals surface area contributed by atoms with Crippen LogP contribution in [0.25, 0.3) is 0 Å². The molecule has 2 aromatic carbocycles. The second-order valence-electron chi connectivity index (χ2n) is 7.28. The number of nitrogens with one attached hydrogen (secondary N) is 1. The Morgan fingerprint density at radius 3 is 2.29 bits per heavy atom. The Labute approximate surface area is 195 Å². The maximum Gasteiger partial charge on any atom is 0.446 e. The lowest BCUT2D eigenvalue weighted by Gasteiger charge is -2.22. The predicted molar refractivity (Wildman–Crippen MR) is 115 cm³/mol. The van der Waals surface area contributed by atoms with Crippen LogP contribution >= 0.6 is 11.8 Å². The van der Waals surface area contributed by atoms with Crippen molar-refractivity contribution in [2.45, 2.75) is 35.8 Å². The van der Waals surface area contributed by atoms with Crippen LogP contribution in [0.3, 0.4) is 0 Å². The lowest BCUT2D eigenvalue weighted by Crippen LogP contribution is -2.47. The Morgan fingerprint density at radius 2 is 1.71 bits per heavy atom. The molecule has 0 aliphatic carbocycles. The van der Waals surface area contributed by atoms with Gasteiger partial charge in [-0.15, -0.1) is 0 Å². The Morgan fingerprint density at radius 1 is 1.06 bits per heavy atom. The third kappa shape index (κ3) is 5.63. The second kappa shape index (κ2) is 10.1. The molecule has 3 rings (SSSR count). The standard InChI is InChI=1S/C22H18F3N3O5S/c23-22(24,25)34-14-6-4-13(5-7-14)19(31)27-11-12-3-8-15-16(10-12)21(33)28(20(15)32)17(18(26)30)2-1-9-29/h3-10,17H,1-2,11H2,(H2,26,30)(H,27,31). The monoisotopic (exact) mass is 493 g/mol. The lowest BCUT2D eigenvalue weighted by atomic mass is 10.1. The van der Waals surface area contributed by atoms with E-state index in [9.17, 15) is 37.1 Å². The first-order valence-electron chi connectivity index (χ1n) is 9.89. The van der Waals surface area contributed by atoms with Crippen molar-refractivity contribution < 1.29 is 37.1 Å². The van der Waals surface area contributed by atoms with Gasteiger partial charge in [0.2, 0.25) is 5.91 Å². The normalized spacial score (nSPS) is 14.0. The summed E-state index contributed by atoms with van der Waals surface area (Å²) in [5.41, 5.74) is 1.60. The molecule has 0 spiro atoms. The highest BCUT2D eigenvalue weighted by molar-refractivity contribution is 8.00. The van der Waals surface area contributed by atoms with Crippen molar-refractivity contribution in [3.8, 4) is 0 Å². The molecule has 1 aliphatic rings. The summed E-state index contributed by atoms with van der Waals surface area (Å²) in [4.78, 5) is 60.9. The zero-order chi connectivity index (χ0) is 25.0. The highest BCUT2D eigenvalue weighted by Crippen LogP contribution is 2.36. The molecule has 0 aromatic heterocycles. The Hall–Kier alpha value is -3.67. The van der Waals surface area contributed by atoms with Crippen molar-refractivity contribution in [2.24, 2.45) is 5.73 Å². The number of imide groups is 1. The molecule has 2 aromatic rings. The number of primary amides is 1. The summed E-state index contributed by atoms with van der Waals surface area (Å²) in [5.74, 6) is -2.90. The Bertz CT molecular complexity index is 1150. The second-order valence-corrected chi connectivity index (χ2v) is 8.42. The van der Waals surface area contributed by atoms with Crippen molar-refractivity contribution in [3.63, 3.8) is 0 Å². The molecule has 0 saturated carbocycles. The van der Waals surface area contributed by atoms with Gasteiger partial charge >= 0.3 is 5.51 Å². The number of aldehydes is 1. The summed E-state index contributed by atoms with van der Waals surface area (Å²) in [6.07, 6.45) is 0.402. The first kappa shape index (κ1) is 25.0. The van der Waals surface area contributed by atoms with E-state index in [1.807, 2.05) is 0 Å². The minimum atomic E-state index is -4.43. The Kier molecular flexibility index (Phi) is 7.40. The van der Waals surface area contributed by atoms with Crippen LogP contribution in [0.2, 0.25) is 0 Å². The van der Waals surface area contributed by atoms with E-state index < -0.39 is 35.2 Å². The van der Waals surface area contributed by atoms with Gasteiger partial charge in [-0.3, -0.25) is 24.1 Å². The third-order valence-corrected chi connectivity index (χ3v) is 5.72. The fourth-order valence-corrected chi connectivity index (χ4v) is 3.96. The summed E-state index contributed by atoms with van der Waals surface area (Å²) in [7, 11) is 0. The number of rotatable bonds is 9. The molecule has 1 aliphatic heterocycles. The van der Waals surface area contributed by atoms with Gasteiger partial charge in [-0.05, 0) is 60.1 Å². The number of nitrogens with zero attached hydrogens (tertiary/aromatic N) is 1. The molecule has 0 radical (unpaired) electrons. The number of benzene rings is 2. The van der Waals surface area contributed by atoms with E-state index in [1.54, 1.807) is 0 Å². The van der Waals surface area contributed by atoms with E-state index in [4.69, 9.17) is 5.73 Å². The molecule has 1 atom stereocenters. The SMILES string of the molecule is NC(=O)C(CCC=O)N1C(=O)c2ccc(CNC(=O)c3ccc(SC(F)(F)F)cc3)cc2C1=O. The highest BCUT2D eigenvalue weighted by atomic mass is 32.2. The first-order valence-corrected chi connectivity index (χ1v) is 10.7. The molecule has 4 amide bonds. The molecule has 1 heterocycles. The average Bonchev–Trinajstić information content (AvgIpc) is 3.01.